The van der Waals surface area contributed by atoms with E-state index in [1.165, 1.54) is 11.1 Å². The van der Waals surface area contributed by atoms with Crippen molar-refractivity contribution in [2.24, 2.45) is 0 Å². The lowest BCUT2D eigenvalue weighted by molar-refractivity contribution is 0.0295. The average molecular weight is 576 g/mol. The normalized spacial score (nSPS) is 15.1. The molecule has 2 atom stereocenters. The summed E-state index contributed by atoms with van der Waals surface area (Å²) in [6.45, 7) is 7.69. The summed E-state index contributed by atoms with van der Waals surface area (Å²) in [5.74, 6) is 0.813. The van der Waals surface area contributed by atoms with Crippen LogP contribution in [-0.4, -0.2) is 52.2 Å². The fraction of sp³-hybridized carbons (Fsp3) is 0.300. The molecule has 5 nitrogen and oxygen atoms in total. The van der Waals surface area contributed by atoms with Crippen LogP contribution in [0.3, 0.4) is 0 Å². The van der Waals surface area contributed by atoms with E-state index in [9.17, 15) is 5.11 Å². The highest BCUT2D eigenvalue weighted by molar-refractivity contribution is 5.86. The van der Waals surface area contributed by atoms with E-state index in [-0.39, 0.29) is 49.2 Å². The molecule has 1 aromatic heterocycles. The summed E-state index contributed by atoms with van der Waals surface area (Å²) in [6, 6.07) is 29.2. The van der Waals surface area contributed by atoms with E-state index in [2.05, 4.69) is 82.8 Å². The Balaban J connectivity index is 0.00000169. The summed E-state index contributed by atoms with van der Waals surface area (Å²) < 4.78 is 0. The number of aliphatic hydroxyl groups is 1. The van der Waals surface area contributed by atoms with Crippen LogP contribution < -0.4 is 5.32 Å². The summed E-state index contributed by atoms with van der Waals surface area (Å²) in [4.78, 5) is 10.9. The van der Waals surface area contributed by atoms with E-state index < -0.39 is 6.10 Å². The summed E-state index contributed by atoms with van der Waals surface area (Å²) in [5.41, 5.74) is 6.27. The van der Waals surface area contributed by atoms with Gasteiger partial charge in [0.25, 0.3) is 0 Å². The van der Waals surface area contributed by atoms with Gasteiger partial charge in [-0.1, -0.05) is 84.9 Å². The number of piperazine rings is 1. The lowest BCUT2D eigenvalue weighted by Gasteiger charge is -2.42. The molecule has 0 radical (unpaired) electrons. The molecule has 0 aliphatic carbocycles. The molecule has 0 saturated carbocycles. The Morgan fingerprint density at radius 3 is 1.84 bits per heavy atom. The molecule has 0 spiro atoms. The van der Waals surface area contributed by atoms with Gasteiger partial charge >= 0.3 is 0 Å². The molecule has 5 rings (SSSR count). The zero-order valence-electron chi connectivity index (χ0n) is 21.7. The zero-order valence-corrected chi connectivity index (χ0v) is 24.2. The number of imidazole rings is 1. The van der Waals surface area contributed by atoms with E-state index in [0.717, 1.165) is 54.5 Å². The Morgan fingerprint density at radius 1 is 0.763 bits per heavy atom. The van der Waals surface area contributed by atoms with Crippen LogP contribution in [0.5, 0.6) is 0 Å². The van der Waals surface area contributed by atoms with Crippen LogP contribution in [0.4, 0.5) is 0 Å². The topological polar surface area (TPSA) is 64.2 Å². The number of aryl methyl sites for hydroxylation is 2. The number of hydrogen-bond donors (Lipinski definition) is 3. The van der Waals surface area contributed by atoms with Crippen LogP contribution in [-0.2, 0) is 0 Å². The third-order valence-corrected chi connectivity index (χ3v) is 7.16. The Labute approximate surface area is 244 Å². The molecule has 2 unspecified atom stereocenters. The van der Waals surface area contributed by atoms with E-state index in [1.807, 2.05) is 31.2 Å². The fourth-order valence-electron chi connectivity index (χ4n) is 5.37. The average Bonchev–Trinajstić information content (AvgIpc) is 3.30. The standard InChI is InChI=1S/C30H34N4O.3ClH/c1-21-11-9-10-16-25(21)30-32-22(2)27(33-30)29(35)28(34-19-17-31-18-20-34)26(23-12-5-3-6-13-23)24-14-7-4-8-15-24;;;/h3-16,26,28-29,31,35H,17-20H2,1-2H3,(H,32,33);3*1H. The molecule has 4 aromatic rings. The van der Waals surface area contributed by atoms with Gasteiger partial charge in [-0.05, 0) is 30.5 Å². The van der Waals surface area contributed by atoms with Crippen LogP contribution in [0.25, 0.3) is 11.4 Å². The third-order valence-electron chi connectivity index (χ3n) is 7.16. The Bertz CT molecular complexity index is 1210. The number of rotatable bonds is 7. The quantitative estimate of drug-likeness (QED) is 0.249. The van der Waals surface area contributed by atoms with Crippen molar-refractivity contribution in [3.63, 3.8) is 0 Å². The second-order valence-corrected chi connectivity index (χ2v) is 9.43. The molecule has 1 fully saturated rings. The van der Waals surface area contributed by atoms with Crippen LogP contribution in [0.15, 0.2) is 84.9 Å². The molecule has 3 aromatic carbocycles. The van der Waals surface area contributed by atoms with E-state index >= 15 is 0 Å². The van der Waals surface area contributed by atoms with Crippen molar-refractivity contribution in [3.05, 3.63) is 113 Å². The molecule has 1 saturated heterocycles. The number of nitrogens with one attached hydrogen (secondary N) is 2. The van der Waals surface area contributed by atoms with Gasteiger partial charge < -0.3 is 15.4 Å². The number of nitrogens with zero attached hydrogens (tertiary/aromatic N) is 2. The summed E-state index contributed by atoms with van der Waals surface area (Å²) in [5, 5.41) is 15.6. The Morgan fingerprint density at radius 2 is 1.29 bits per heavy atom. The first-order valence-electron chi connectivity index (χ1n) is 12.5. The highest BCUT2D eigenvalue weighted by Gasteiger charge is 2.38. The first-order chi connectivity index (χ1) is 17.1. The minimum atomic E-state index is -0.757. The SMILES string of the molecule is Cc1ccccc1-c1nc(C(O)C(C(c2ccccc2)c2ccccc2)N2CCNCC2)c(C)[nH]1.Cl.Cl.Cl. The predicted octanol–water partition coefficient (Wildman–Crippen LogP) is 6.10. The number of hydrogen-bond acceptors (Lipinski definition) is 4. The van der Waals surface area contributed by atoms with Gasteiger partial charge in [-0.2, -0.15) is 0 Å². The lowest BCUT2D eigenvalue weighted by atomic mass is 9.80. The number of aromatic amines is 1. The second-order valence-electron chi connectivity index (χ2n) is 9.43. The Kier molecular flexibility index (Phi) is 12.3. The van der Waals surface area contributed by atoms with Crippen LogP contribution in [0.1, 0.15) is 40.1 Å². The molecule has 3 N–H and O–H groups in total. The molecule has 38 heavy (non-hydrogen) atoms. The first kappa shape index (κ1) is 31.8. The molecule has 0 bridgehead atoms. The van der Waals surface area contributed by atoms with Crippen molar-refractivity contribution in [3.8, 4) is 11.4 Å². The van der Waals surface area contributed by atoms with Gasteiger partial charge in [-0.15, -0.1) is 37.2 Å². The molecule has 8 heteroatoms. The van der Waals surface area contributed by atoms with Gasteiger partial charge in [0.05, 0.1) is 11.7 Å². The van der Waals surface area contributed by atoms with Crippen molar-refractivity contribution in [1.29, 1.82) is 0 Å². The number of aliphatic hydroxyl groups excluding tert-OH is 1. The molecule has 1 aliphatic rings. The summed E-state index contributed by atoms with van der Waals surface area (Å²) in [7, 11) is 0. The van der Waals surface area contributed by atoms with Crippen LogP contribution in [0.2, 0.25) is 0 Å². The maximum Gasteiger partial charge on any atom is 0.138 e. The van der Waals surface area contributed by atoms with Crippen molar-refractivity contribution in [1.82, 2.24) is 20.2 Å². The van der Waals surface area contributed by atoms with Crippen LogP contribution >= 0.6 is 37.2 Å². The van der Waals surface area contributed by atoms with Gasteiger partial charge in [-0.3, -0.25) is 4.90 Å². The second kappa shape index (κ2) is 14.7. The zero-order chi connectivity index (χ0) is 24.2. The van der Waals surface area contributed by atoms with Gasteiger partial charge in [0.1, 0.15) is 11.9 Å². The smallest absolute Gasteiger partial charge is 0.138 e. The minimum Gasteiger partial charge on any atom is -0.385 e. The third kappa shape index (κ3) is 6.78. The summed E-state index contributed by atoms with van der Waals surface area (Å²) in [6.07, 6.45) is -0.757. The Hall–Kier alpha value is -2.38. The maximum absolute atomic E-state index is 12.1. The van der Waals surface area contributed by atoms with Crippen molar-refractivity contribution < 1.29 is 5.11 Å². The molecular formula is C30H37Cl3N4O. The van der Waals surface area contributed by atoms with Crippen LogP contribution in [0, 0.1) is 13.8 Å². The van der Waals surface area contributed by atoms with Gasteiger partial charge in [-0.25, -0.2) is 4.98 Å². The predicted molar refractivity (Wildman–Crippen MR) is 163 cm³/mol. The van der Waals surface area contributed by atoms with Gasteiger partial charge in [0.2, 0.25) is 0 Å². The van der Waals surface area contributed by atoms with Crippen molar-refractivity contribution in [2.75, 3.05) is 26.2 Å². The number of benzene rings is 3. The summed E-state index contributed by atoms with van der Waals surface area (Å²) >= 11 is 0. The number of halogens is 3. The van der Waals surface area contributed by atoms with Gasteiger partial charge in [0.15, 0.2) is 0 Å². The van der Waals surface area contributed by atoms with Crippen molar-refractivity contribution >= 4 is 37.2 Å². The highest BCUT2D eigenvalue weighted by atomic mass is 35.5. The molecule has 2 heterocycles. The lowest BCUT2D eigenvalue weighted by Crippen LogP contribution is -2.52. The number of H-pyrrole nitrogens is 1. The maximum atomic E-state index is 12.1. The van der Waals surface area contributed by atoms with Crippen molar-refractivity contribution in [2.45, 2.75) is 31.9 Å². The fourth-order valence-corrected chi connectivity index (χ4v) is 5.37. The molecule has 0 amide bonds. The molecule has 1 aliphatic heterocycles. The monoisotopic (exact) mass is 574 g/mol. The minimum absolute atomic E-state index is 0. The number of aromatic nitrogens is 2. The largest absolute Gasteiger partial charge is 0.385 e. The van der Waals surface area contributed by atoms with Gasteiger partial charge in [0, 0.05) is 43.4 Å². The molecule has 204 valence electrons. The first-order valence-corrected chi connectivity index (χ1v) is 12.5. The highest BCUT2D eigenvalue weighted by Crippen LogP contribution is 2.38. The van der Waals surface area contributed by atoms with E-state index in [4.69, 9.17) is 4.98 Å². The van der Waals surface area contributed by atoms with E-state index in [0.29, 0.717) is 0 Å². The van der Waals surface area contributed by atoms with E-state index in [1.54, 1.807) is 0 Å². The molecular weight excluding hydrogens is 539 g/mol.